The minimum absolute atomic E-state index is 0.149. The van der Waals surface area contributed by atoms with Crippen molar-refractivity contribution in [2.24, 2.45) is 0 Å². The molecule has 1 N–H and O–H groups in total. The van der Waals surface area contributed by atoms with Gasteiger partial charge in [-0.15, -0.1) is 0 Å². The quantitative estimate of drug-likeness (QED) is 0.734. The van der Waals surface area contributed by atoms with Crippen LogP contribution < -0.4 is 5.32 Å². The van der Waals surface area contributed by atoms with Crippen LogP contribution in [0.25, 0.3) is 0 Å². The van der Waals surface area contributed by atoms with Crippen molar-refractivity contribution in [2.75, 3.05) is 5.75 Å². The Morgan fingerprint density at radius 2 is 1.88 bits per heavy atom. The molecule has 0 radical (unpaired) electrons. The van der Waals surface area contributed by atoms with Crippen LogP contribution in [-0.2, 0) is 4.74 Å². The molecule has 1 rings (SSSR count). The molecular weight excluding hydrogens is 222 g/mol. The Labute approximate surface area is 104 Å². The van der Waals surface area contributed by atoms with Crippen molar-refractivity contribution in [3.05, 3.63) is 0 Å². The Kier molecular flexibility index (Phi) is 4.53. The van der Waals surface area contributed by atoms with Gasteiger partial charge >= 0.3 is 6.09 Å². The summed E-state index contributed by atoms with van der Waals surface area (Å²) in [6.07, 6.45) is 5.28. The fourth-order valence-corrected chi connectivity index (χ4v) is 2.47. The molecule has 1 saturated carbocycles. The maximum atomic E-state index is 11.7. The molecule has 94 valence electrons. The highest BCUT2D eigenvalue weighted by atomic mass is 32.1. The molecule has 0 aromatic rings. The van der Waals surface area contributed by atoms with Crippen LogP contribution in [0.1, 0.15) is 52.9 Å². The predicted octanol–water partition coefficient (Wildman–Crippen LogP) is 3.14. The second-order valence-electron chi connectivity index (χ2n) is 5.63. The van der Waals surface area contributed by atoms with E-state index in [-0.39, 0.29) is 11.6 Å². The third kappa shape index (κ3) is 4.24. The van der Waals surface area contributed by atoms with E-state index in [0.717, 1.165) is 25.7 Å². The number of rotatable bonds is 2. The summed E-state index contributed by atoms with van der Waals surface area (Å²) in [5, 5.41) is 3.00. The van der Waals surface area contributed by atoms with Gasteiger partial charge in [-0.1, -0.05) is 19.3 Å². The Balaban J connectivity index is 2.52. The fraction of sp³-hybridized carbons (Fsp3) is 0.917. The van der Waals surface area contributed by atoms with Crippen LogP contribution in [0.3, 0.4) is 0 Å². The molecule has 4 heteroatoms. The van der Waals surface area contributed by atoms with Crippen molar-refractivity contribution in [3.63, 3.8) is 0 Å². The van der Waals surface area contributed by atoms with E-state index in [4.69, 9.17) is 4.74 Å². The number of ether oxygens (including phenoxy) is 1. The molecule has 0 bridgehead atoms. The third-order valence-electron chi connectivity index (χ3n) is 2.88. The molecule has 0 spiro atoms. The number of amides is 1. The van der Waals surface area contributed by atoms with Crippen molar-refractivity contribution in [2.45, 2.75) is 64.0 Å². The van der Waals surface area contributed by atoms with E-state index in [0.29, 0.717) is 5.75 Å². The summed E-state index contributed by atoms with van der Waals surface area (Å²) >= 11 is 4.37. The molecule has 0 saturated heterocycles. The maximum absolute atomic E-state index is 11.7. The maximum Gasteiger partial charge on any atom is 0.408 e. The largest absolute Gasteiger partial charge is 0.444 e. The topological polar surface area (TPSA) is 38.3 Å². The smallest absolute Gasteiger partial charge is 0.408 e. The summed E-state index contributed by atoms with van der Waals surface area (Å²) in [7, 11) is 0. The molecule has 0 aromatic carbocycles. The lowest BCUT2D eigenvalue weighted by molar-refractivity contribution is 0.0442. The first-order valence-corrected chi connectivity index (χ1v) is 6.62. The molecule has 0 heterocycles. The normalized spacial score (nSPS) is 20.2. The van der Waals surface area contributed by atoms with Crippen LogP contribution in [0, 0.1) is 0 Å². The van der Waals surface area contributed by atoms with Gasteiger partial charge in [0.1, 0.15) is 5.60 Å². The molecule has 0 unspecified atom stereocenters. The first-order valence-electron chi connectivity index (χ1n) is 5.99. The second-order valence-corrected chi connectivity index (χ2v) is 5.94. The average Bonchev–Trinajstić information content (AvgIpc) is 2.16. The van der Waals surface area contributed by atoms with Gasteiger partial charge in [-0.3, -0.25) is 0 Å². The number of hydrogen-bond donors (Lipinski definition) is 2. The molecule has 0 aromatic heterocycles. The van der Waals surface area contributed by atoms with E-state index < -0.39 is 5.60 Å². The summed E-state index contributed by atoms with van der Waals surface area (Å²) in [5.74, 6) is 0.687. The van der Waals surface area contributed by atoms with E-state index in [1.165, 1.54) is 6.42 Å². The van der Waals surface area contributed by atoms with Gasteiger partial charge in [-0.2, -0.15) is 12.6 Å². The zero-order valence-electron chi connectivity index (χ0n) is 10.5. The van der Waals surface area contributed by atoms with E-state index >= 15 is 0 Å². The minimum atomic E-state index is -0.434. The van der Waals surface area contributed by atoms with E-state index in [1.54, 1.807) is 0 Å². The van der Waals surface area contributed by atoms with Crippen LogP contribution in [0.4, 0.5) is 4.79 Å². The van der Waals surface area contributed by atoms with Gasteiger partial charge in [0, 0.05) is 5.75 Å². The van der Waals surface area contributed by atoms with E-state index in [1.807, 2.05) is 20.8 Å². The molecule has 16 heavy (non-hydrogen) atoms. The standard InChI is InChI=1S/C12H23NO2S/c1-11(2,3)15-10(14)13-12(9-16)7-5-4-6-8-12/h16H,4-9H2,1-3H3,(H,13,14). The summed E-state index contributed by atoms with van der Waals surface area (Å²) < 4.78 is 5.28. The Hall–Kier alpha value is -0.380. The van der Waals surface area contributed by atoms with Gasteiger partial charge in [0.25, 0.3) is 0 Å². The number of thiol groups is 1. The first kappa shape index (κ1) is 13.7. The number of hydrogen-bond acceptors (Lipinski definition) is 3. The molecule has 1 amide bonds. The van der Waals surface area contributed by atoms with Crippen LogP contribution in [0.2, 0.25) is 0 Å². The summed E-state index contributed by atoms with van der Waals surface area (Å²) in [6, 6.07) is 0. The number of carbonyl (C=O) groups is 1. The lowest BCUT2D eigenvalue weighted by Gasteiger charge is -2.37. The molecule has 0 atom stereocenters. The number of alkyl carbamates (subject to hydrolysis) is 1. The monoisotopic (exact) mass is 245 g/mol. The summed E-state index contributed by atoms with van der Waals surface area (Å²) in [4.78, 5) is 11.7. The van der Waals surface area contributed by atoms with Crippen molar-refractivity contribution in [3.8, 4) is 0 Å². The van der Waals surface area contributed by atoms with Crippen LogP contribution in [0.5, 0.6) is 0 Å². The highest BCUT2D eigenvalue weighted by molar-refractivity contribution is 7.80. The molecule has 1 fully saturated rings. The average molecular weight is 245 g/mol. The fourth-order valence-electron chi connectivity index (χ4n) is 2.07. The Morgan fingerprint density at radius 1 is 1.31 bits per heavy atom. The van der Waals surface area contributed by atoms with E-state index in [9.17, 15) is 4.79 Å². The number of nitrogens with one attached hydrogen (secondary N) is 1. The van der Waals surface area contributed by atoms with Crippen LogP contribution in [0.15, 0.2) is 0 Å². The van der Waals surface area contributed by atoms with Gasteiger partial charge in [0.05, 0.1) is 5.54 Å². The molecule has 1 aliphatic carbocycles. The zero-order valence-corrected chi connectivity index (χ0v) is 11.4. The SMILES string of the molecule is CC(C)(C)OC(=O)NC1(CS)CCCCC1. The molecule has 1 aliphatic rings. The van der Waals surface area contributed by atoms with Crippen molar-refractivity contribution < 1.29 is 9.53 Å². The highest BCUT2D eigenvalue weighted by Gasteiger charge is 2.33. The second kappa shape index (κ2) is 5.30. The van der Waals surface area contributed by atoms with Crippen LogP contribution in [-0.4, -0.2) is 23.0 Å². The van der Waals surface area contributed by atoms with Crippen molar-refractivity contribution in [1.82, 2.24) is 5.32 Å². The van der Waals surface area contributed by atoms with Gasteiger partial charge in [0.2, 0.25) is 0 Å². The molecule has 0 aliphatic heterocycles. The van der Waals surface area contributed by atoms with Gasteiger partial charge < -0.3 is 10.1 Å². The minimum Gasteiger partial charge on any atom is -0.444 e. The Morgan fingerprint density at radius 3 is 2.31 bits per heavy atom. The summed E-state index contributed by atoms with van der Waals surface area (Å²) in [6.45, 7) is 5.63. The zero-order chi connectivity index (χ0) is 12.2. The van der Waals surface area contributed by atoms with Crippen molar-refractivity contribution in [1.29, 1.82) is 0 Å². The third-order valence-corrected chi connectivity index (χ3v) is 3.48. The first-order chi connectivity index (χ1) is 7.37. The Bertz CT molecular complexity index is 242. The molecule has 3 nitrogen and oxygen atoms in total. The van der Waals surface area contributed by atoms with E-state index in [2.05, 4.69) is 17.9 Å². The van der Waals surface area contributed by atoms with Gasteiger partial charge in [-0.05, 0) is 33.6 Å². The summed E-state index contributed by atoms with van der Waals surface area (Å²) in [5.41, 5.74) is -0.583. The van der Waals surface area contributed by atoms with Crippen molar-refractivity contribution >= 4 is 18.7 Å². The lowest BCUT2D eigenvalue weighted by Crippen LogP contribution is -2.52. The van der Waals surface area contributed by atoms with Gasteiger partial charge in [-0.25, -0.2) is 4.79 Å². The predicted molar refractivity (Wildman–Crippen MR) is 69.0 cm³/mol. The number of carbonyl (C=O) groups excluding carboxylic acids is 1. The van der Waals surface area contributed by atoms with Gasteiger partial charge in [0.15, 0.2) is 0 Å². The van der Waals surface area contributed by atoms with Crippen LogP contribution >= 0.6 is 12.6 Å². The highest BCUT2D eigenvalue weighted by Crippen LogP contribution is 2.29. The molecular formula is C12H23NO2S. The lowest BCUT2D eigenvalue weighted by atomic mass is 9.83.